The van der Waals surface area contributed by atoms with Crippen LogP contribution in [0.3, 0.4) is 0 Å². The second kappa shape index (κ2) is 12.3. The lowest BCUT2D eigenvalue weighted by atomic mass is 9.73. The number of nitrogens with one attached hydrogen (secondary N) is 2. The standard InChI is InChI=1S/C29H38FN3O3/c1-22(20-23-9-11-25(30)12-10-23)32-27(34)21-33-17-14-29(15-18-33)13-5-4-7-24-6-2-3-8-26(24)36-19-16-31-28(29)35/h2-3,6,8-12,22H,4-5,7,13-21H2,1H3,(H,31,35)(H,32,34). The number of amides is 2. The molecule has 1 saturated heterocycles. The summed E-state index contributed by atoms with van der Waals surface area (Å²) in [6, 6.07) is 14.5. The molecule has 7 heteroatoms. The zero-order valence-electron chi connectivity index (χ0n) is 21.2. The van der Waals surface area contributed by atoms with E-state index in [1.165, 1.54) is 17.7 Å². The van der Waals surface area contributed by atoms with Crippen LogP contribution in [0, 0.1) is 11.2 Å². The van der Waals surface area contributed by atoms with E-state index in [1.54, 1.807) is 12.1 Å². The summed E-state index contributed by atoms with van der Waals surface area (Å²) in [6.45, 7) is 4.70. The van der Waals surface area contributed by atoms with E-state index in [0.29, 0.717) is 26.1 Å². The molecule has 4 rings (SSSR count). The molecule has 2 aliphatic rings. The normalized spacial score (nSPS) is 19.7. The van der Waals surface area contributed by atoms with Crippen LogP contribution in [0.15, 0.2) is 48.5 Å². The van der Waals surface area contributed by atoms with Crippen LogP contribution in [0.25, 0.3) is 0 Å². The summed E-state index contributed by atoms with van der Waals surface area (Å²) in [7, 11) is 0. The van der Waals surface area contributed by atoms with Crippen LogP contribution in [0.2, 0.25) is 0 Å². The Morgan fingerprint density at radius 2 is 1.86 bits per heavy atom. The van der Waals surface area contributed by atoms with Gasteiger partial charge < -0.3 is 15.4 Å². The highest BCUT2D eigenvalue weighted by Gasteiger charge is 2.41. The number of benzene rings is 2. The molecule has 2 aliphatic heterocycles. The van der Waals surface area contributed by atoms with Gasteiger partial charge in [-0.3, -0.25) is 14.5 Å². The van der Waals surface area contributed by atoms with Crippen molar-refractivity contribution in [3.8, 4) is 5.75 Å². The van der Waals surface area contributed by atoms with Crippen LogP contribution in [0.1, 0.15) is 50.2 Å². The van der Waals surface area contributed by atoms with Crippen molar-refractivity contribution in [2.75, 3.05) is 32.8 Å². The third kappa shape index (κ3) is 7.06. The van der Waals surface area contributed by atoms with Crippen molar-refractivity contribution < 1.29 is 18.7 Å². The Morgan fingerprint density at radius 1 is 1.11 bits per heavy atom. The van der Waals surface area contributed by atoms with E-state index < -0.39 is 0 Å². The van der Waals surface area contributed by atoms with Crippen LogP contribution in [-0.4, -0.2) is 55.5 Å². The Hall–Kier alpha value is -2.93. The summed E-state index contributed by atoms with van der Waals surface area (Å²) >= 11 is 0. The molecule has 2 amide bonds. The lowest BCUT2D eigenvalue weighted by Gasteiger charge is -2.41. The van der Waals surface area contributed by atoms with Gasteiger partial charge in [0.15, 0.2) is 0 Å². The molecule has 0 saturated carbocycles. The van der Waals surface area contributed by atoms with Gasteiger partial charge in [-0.1, -0.05) is 36.8 Å². The van der Waals surface area contributed by atoms with E-state index >= 15 is 0 Å². The Morgan fingerprint density at radius 3 is 2.64 bits per heavy atom. The van der Waals surface area contributed by atoms with Crippen molar-refractivity contribution in [3.63, 3.8) is 0 Å². The number of hydrogen-bond donors (Lipinski definition) is 2. The van der Waals surface area contributed by atoms with Gasteiger partial charge in [-0.25, -0.2) is 4.39 Å². The molecule has 6 nitrogen and oxygen atoms in total. The van der Waals surface area contributed by atoms with E-state index in [-0.39, 0.29) is 29.1 Å². The molecular weight excluding hydrogens is 457 g/mol. The molecule has 2 aromatic carbocycles. The van der Waals surface area contributed by atoms with Gasteiger partial charge >= 0.3 is 0 Å². The van der Waals surface area contributed by atoms with Gasteiger partial charge in [0.05, 0.1) is 18.5 Å². The van der Waals surface area contributed by atoms with Gasteiger partial charge in [0, 0.05) is 6.04 Å². The average Bonchev–Trinajstić information content (AvgIpc) is 2.86. The lowest BCUT2D eigenvalue weighted by Crippen LogP contribution is -2.51. The zero-order valence-corrected chi connectivity index (χ0v) is 21.2. The number of halogens is 1. The van der Waals surface area contributed by atoms with E-state index in [4.69, 9.17) is 4.74 Å². The molecule has 0 radical (unpaired) electrons. The van der Waals surface area contributed by atoms with Crippen LogP contribution in [0.5, 0.6) is 5.75 Å². The predicted molar refractivity (Wildman–Crippen MR) is 138 cm³/mol. The highest BCUT2D eigenvalue weighted by molar-refractivity contribution is 5.83. The van der Waals surface area contributed by atoms with E-state index in [0.717, 1.165) is 62.9 Å². The second-order valence-corrected chi connectivity index (χ2v) is 10.3. The predicted octanol–water partition coefficient (Wildman–Crippen LogP) is 3.88. The molecule has 2 aromatic rings. The molecule has 2 N–H and O–H groups in total. The Kier molecular flexibility index (Phi) is 8.97. The number of hydrogen-bond acceptors (Lipinski definition) is 4. The third-order valence-corrected chi connectivity index (χ3v) is 7.49. The van der Waals surface area contributed by atoms with Gasteiger partial charge in [0.25, 0.3) is 0 Å². The van der Waals surface area contributed by atoms with E-state index in [9.17, 15) is 14.0 Å². The topological polar surface area (TPSA) is 70.7 Å². The van der Waals surface area contributed by atoms with Crippen LogP contribution >= 0.6 is 0 Å². The molecule has 1 unspecified atom stereocenters. The third-order valence-electron chi connectivity index (χ3n) is 7.49. The Balaban J connectivity index is 1.27. The summed E-state index contributed by atoms with van der Waals surface area (Å²) < 4.78 is 19.0. The largest absolute Gasteiger partial charge is 0.491 e. The first-order valence-electron chi connectivity index (χ1n) is 13.2. The molecule has 0 aliphatic carbocycles. The van der Waals surface area contributed by atoms with Crippen molar-refractivity contribution in [1.82, 2.24) is 15.5 Å². The maximum absolute atomic E-state index is 13.2. The molecule has 2 heterocycles. The SMILES string of the molecule is CC(Cc1ccc(F)cc1)NC(=O)CN1CCC2(CCCCc3ccccc3OCCNC2=O)CC1. The maximum Gasteiger partial charge on any atom is 0.234 e. The monoisotopic (exact) mass is 495 g/mol. The van der Waals surface area contributed by atoms with Gasteiger partial charge in [-0.15, -0.1) is 0 Å². The second-order valence-electron chi connectivity index (χ2n) is 10.3. The van der Waals surface area contributed by atoms with Crippen molar-refractivity contribution >= 4 is 11.8 Å². The molecule has 36 heavy (non-hydrogen) atoms. The number of ether oxygens (including phenoxy) is 1. The first-order valence-corrected chi connectivity index (χ1v) is 13.2. The molecule has 0 bridgehead atoms. The fraction of sp³-hybridized carbons (Fsp3) is 0.517. The number of para-hydroxylation sites is 1. The van der Waals surface area contributed by atoms with Gasteiger partial charge in [-0.05, 0) is 87.9 Å². The summed E-state index contributed by atoms with van der Waals surface area (Å²) in [6.07, 6.45) is 6.01. The fourth-order valence-corrected chi connectivity index (χ4v) is 5.42. The van der Waals surface area contributed by atoms with Crippen LogP contribution < -0.4 is 15.4 Å². The number of fused-ring (bicyclic) bond motifs is 1. The summed E-state index contributed by atoms with van der Waals surface area (Å²) in [5, 5.41) is 6.17. The average molecular weight is 496 g/mol. The summed E-state index contributed by atoms with van der Waals surface area (Å²) in [4.78, 5) is 28.0. The van der Waals surface area contributed by atoms with E-state index in [1.807, 2.05) is 25.1 Å². The van der Waals surface area contributed by atoms with Gasteiger partial charge in [0.2, 0.25) is 11.8 Å². The minimum Gasteiger partial charge on any atom is -0.491 e. The number of carbonyl (C=O) groups is 2. The number of aryl methyl sites for hydroxylation is 1. The van der Waals surface area contributed by atoms with E-state index in [2.05, 4.69) is 21.6 Å². The van der Waals surface area contributed by atoms with Crippen LogP contribution in [-0.2, 0) is 22.4 Å². The van der Waals surface area contributed by atoms with Crippen molar-refractivity contribution in [1.29, 1.82) is 0 Å². The number of rotatable bonds is 5. The molecule has 1 spiro atoms. The number of nitrogens with zero attached hydrogens (tertiary/aromatic N) is 1. The number of likely N-dealkylation sites (tertiary alicyclic amines) is 1. The van der Waals surface area contributed by atoms with Crippen molar-refractivity contribution in [3.05, 3.63) is 65.5 Å². The van der Waals surface area contributed by atoms with Crippen molar-refractivity contribution in [2.45, 2.75) is 57.9 Å². The first kappa shape index (κ1) is 26.1. The zero-order chi connectivity index (χ0) is 25.4. The highest BCUT2D eigenvalue weighted by Crippen LogP contribution is 2.37. The number of carbonyl (C=O) groups excluding carboxylic acids is 2. The fourth-order valence-electron chi connectivity index (χ4n) is 5.42. The minimum atomic E-state index is -0.373. The number of piperidine rings is 1. The van der Waals surface area contributed by atoms with Gasteiger partial charge in [-0.2, -0.15) is 0 Å². The smallest absolute Gasteiger partial charge is 0.234 e. The maximum atomic E-state index is 13.2. The molecule has 194 valence electrons. The quantitative estimate of drug-likeness (QED) is 0.661. The Bertz CT molecular complexity index is 1020. The molecule has 1 atom stereocenters. The van der Waals surface area contributed by atoms with Crippen LogP contribution in [0.4, 0.5) is 4.39 Å². The summed E-state index contributed by atoms with van der Waals surface area (Å²) in [5.41, 5.74) is 1.85. The molecule has 1 fully saturated rings. The molecular formula is C29H38FN3O3. The first-order chi connectivity index (χ1) is 17.4. The Labute approximate surface area is 213 Å². The van der Waals surface area contributed by atoms with Gasteiger partial charge in [0.1, 0.15) is 18.2 Å². The summed E-state index contributed by atoms with van der Waals surface area (Å²) in [5.74, 6) is 0.768. The highest BCUT2D eigenvalue weighted by atomic mass is 19.1. The van der Waals surface area contributed by atoms with Crippen molar-refractivity contribution in [2.24, 2.45) is 5.41 Å². The molecule has 0 aromatic heterocycles. The minimum absolute atomic E-state index is 0.0143. The lowest BCUT2D eigenvalue weighted by molar-refractivity contribution is -0.135.